The van der Waals surface area contributed by atoms with Crippen molar-refractivity contribution < 1.29 is 14.5 Å². The van der Waals surface area contributed by atoms with Crippen molar-refractivity contribution in [3.05, 3.63) is 33.9 Å². The molecule has 0 atom stereocenters. The number of amides is 1. The van der Waals surface area contributed by atoms with E-state index in [4.69, 9.17) is 4.74 Å². The number of nitrogens with one attached hydrogen (secondary N) is 1. The number of nitro benzene ring substituents is 1. The SMILES string of the molecule is COc1ccc(CSCC(=O)N2CCC3(CCNC3)CC2)cc1[N+](=O)[O-]. The molecule has 0 aliphatic carbocycles. The summed E-state index contributed by atoms with van der Waals surface area (Å²) < 4.78 is 5.01. The average Bonchev–Trinajstić information content (AvgIpc) is 3.10. The number of likely N-dealkylation sites (tertiary alicyclic amines) is 1. The summed E-state index contributed by atoms with van der Waals surface area (Å²) in [4.78, 5) is 25.0. The van der Waals surface area contributed by atoms with Crippen LogP contribution < -0.4 is 10.1 Å². The second-order valence-corrected chi connectivity index (χ2v) is 8.05. The molecule has 26 heavy (non-hydrogen) atoms. The molecule has 1 spiro atoms. The number of nitro groups is 1. The number of benzene rings is 1. The number of carbonyl (C=O) groups is 1. The fourth-order valence-corrected chi connectivity index (χ4v) is 4.64. The van der Waals surface area contributed by atoms with E-state index < -0.39 is 4.92 Å². The second-order valence-electron chi connectivity index (χ2n) is 7.06. The molecular weight excluding hydrogens is 354 g/mol. The highest BCUT2D eigenvalue weighted by molar-refractivity contribution is 7.99. The molecule has 1 aromatic rings. The van der Waals surface area contributed by atoms with Gasteiger partial charge in [0, 0.05) is 31.5 Å². The van der Waals surface area contributed by atoms with Crippen LogP contribution in [0.3, 0.4) is 0 Å². The van der Waals surface area contributed by atoms with Gasteiger partial charge >= 0.3 is 5.69 Å². The minimum atomic E-state index is -0.445. The third-order valence-electron chi connectivity index (χ3n) is 5.44. The van der Waals surface area contributed by atoms with Crippen molar-refractivity contribution in [2.45, 2.75) is 25.0 Å². The van der Waals surface area contributed by atoms with Gasteiger partial charge in [-0.15, -0.1) is 11.8 Å². The standard InChI is InChI=1S/C18H25N3O4S/c1-25-16-3-2-14(10-15(16)21(23)24)11-26-12-17(22)20-8-5-18(6-9-20)4-7-19-13-18/h2-3,10,19H,4-9,11-13H2,1H3. The molecule has 0 unspecified atom stereocenters. The highest BCUT2D eigenvalue weighted by Crippen LogP contribution is 2.37. The van der Waals surface area contributed by atoms with Crippen molar-refractivity contribution >= 4 is 23.4 Å². The van der Waals surface area contributed by atoms with Gasteiger partial charge in [0.15, 0.2) is 5.75 Å². The van der Waals surface area contributed by atoms with Crippen LogP contribution in [0.15, 0.2) is 18.2 Å². The minimum absolute atomic E-state index is 0.0385. The molecule has 3 rings (SSSR count). The Bertz CT molecular complexity index is 666. The molecular formula is C18H25N3O4S. The molecule has 2 aliphatic rings. The molecule has 8 heteroatoms. The van der Waals surface area contributed by atoms with Gasteiger partial charge in [0.05, 0.1) is 17.8 Å². The largest absolute Gasteiger partial charge is 0.490 e. The topological polar surface area (TPSA) is 84.7 Å². The van der Waals surface area contributed by atoms with Crippen LogP contribution in [-0.2, 0) is 10.5 Å². The van der Waals surface area contributed by atoms with E-state index >= 15 is 0 Å². The Kier molecular flexibility index (Phi) is 6.03. The molecule has 0 radical (unpaired) electrons. The van der Waals surface area contributed by atoms with Crippen LogP contribution >= 0.6 is 11.8 Å². The van der Waals surface area contributed by atoms with Crippen molar-refractivity contribution in [2.24, 2.45) is 5.41 Å². The van der Waals surface area contributed by atoms with E-state index in [-0.39, 0.29) is 17.3 Å². The Labute approximate surface area is 157 Å². The number of nitrogens with zero attached hydrogens (tertiary/aromatic N) is 2. The van der Waals surface area contributed by atoms with Crippen LogP contribution in [0, 0.1) is 15.5 Å². The molecule has 0 aromatic heterocycles. The lowest BCUT2D eigenvalue weighted by atomic mass is 9.78. The molecule has 0 saturated carbocycles. The Balaban J connectivity index is 1.47. The van der Waals surface area contributed by atoms with E-state index in [0.29, 0.717) is 16.9 Å². The first-order valence-electron chi connectivity index (χ1n) is 8.91. The Hall–Kier alpha value is -1.80. The maximum absolute atomic E-state index is 12.4. The molecule has 2 aliphatic heterocycles. The van der Waals surface area contributed by atoms with Gasteiger partial charge in [-0.05, 0) is 42.9 Å². The van der Waals surface area contributed by atoms with Crippen LogP contribution in [0.4, 0.5) is 5.69 Å². The Morgan fingerprint density at radius 3 is 2.77 bits per heavy atom. The molecule has 2 heterocycles. The summed E-state index contributed by atoms with van der Waals surface area (Å²) in [7, 11) is 1.42. The van der Waals surface area contributed by atoms with E-state index in [1.165, 1.54) is 31.4 Å². The van der Waals surface area contributed by atoms with Crippen molar-refractivity contribution in [1.29, 1.82) is 0 Å². The van der Waals surface area contributed by atoms with E-state index in [9.17, 15) is 14.9 Å². The highest BCUT2D eigenvalue weighted by atomic mass is 32.2. The summed E-state index contributed by atoms with van der Waals surface area (Å²) in [6, 6.07) is 4.94. The Morgan fingerprint density at radius 2 is 2.15 bits per heavy atom. The molecule has 1 amide bonds. The first-order valence-corrected chi connectivity index (χ1v) is 10.1. The number of methoxy groups -OCH3 is 1. The molecule has 1 aromatic carbocycles. The van der Waals surface area contributed by atoms with Crippen molar-refractivity contribution in [2.75, 3.05) is 39.0 Å². The third-order valence-corrected chi connectivity index (χ3v) is 6.43. The fraction of sp³-hybridized carbons (Fsp3) is 0.611. The normalized spacial score (nSPS) is 18.9. The van der Waals surface area contributed by atoms with Crippen molar-refractivity contribution in [1.82, 2.24) is 10.2 Å². The molecule has 2 saturated heterocycles. The summed E-state index contributed by atoms with van der Waals surface area (Å²) in [6.45, 7) is 3.86. The van der Waals surface area contributed by atoms with Crippen LogP contribution in [0.25, 0.3) is 0 Å². The molecule has 142 valence electrons. The number of thioether (sulfide) groups is 1. The van der Waals surface area contributed by atoms with Crippen molar-refractivity contribution in [3.63, 3.8) is 0 Å². The summed E-state index contributed by atoms with van der Waals surface area (Å²) in [5, 5.41) is 14.5. The van der Waals surface area contributed by atoms with Gasteiger partial charge < -0.3 is 15.0 Å². The first kappa shape index (κ1) is 19.0. The number of ether oxygens (including phenoxy) is 1. The van der Waals surface area contributed by atoms with Crippen LogP contribution in [0.5, 0.6) is 5.75 Å². The van der Waals surface area contributed by atoms with Gasteiger partial charge in [0.1, 0.15) is 0 Å². The quantitative estimate of drug-likeness (QED) is 0.604. The van der Waals surface area contributed by atoms with Gasteiger partial charge in [-0.3, -0.25) is 14.9 Å². The van der Waals surface area contributed by atoms with Gasteiger partial charge in [-0.1, -0.05) is 6.07 Å². The number of piperidine rings is 1. The van der Waals surface area contributed by atoms with Gasteiger partial charge in [0.25, 0.3) is 0 Å². The van der Waals surface area contributed by atoms with Crippen molar-refractivity contribution in [3.8, 4) is 5.75 Å². The first-order chi connectivity index (χ1) is 12.5. The zero-order chi connectivity index (χ0) is 18.6. The number of carbonyl (C=O) groups excluding carboxylic acids is 1. The Morgan fingerprint density at radius 1 is 1.38 bits per heavy atom. The lowest BCUT2D eigenvalue weighted by Gasteiger charge is -2.38. The summed E-state index contributed by atoms with van der Waals surface area (Å²) in [6.07, 6.45) is 3.39. The van der Waals surface area contributed by atoms with Gasteiger partial charge in [-0.25, -0.2) is 0 Å². The van der Waals surface area contributed by atoms with Crippen LogP contribution in [0.1, 0.15) is 24.8 Å². The number of rotatable bonds is 6. The maximum Gasteiger partial charge on any atom is 0.311 e. The number of hydrogen-bond donors (Lipinski definition) is 1. The summed E-state index contributed by atoms with van der Waals surface area (Å²) in [5.41, 5.74) is 1.19. The minimum Gasteiger partial charge on any atom is -0.490 e. The number of hydrogen-bond acceptors (Lipinski definition) is 6. The third kappa shape index (κ3) is 4.29. The van der Waals surface area contributed by atoms with Gasteiger partial charge in [0.2, 0.25) is 5.91 Å². The summed E-state index contributed by atoms with van der Waals surface area (Å²) in [5.74, 6) is 1.39. The van der Waals surface area contributed by atoms with Crippen LogP contribution in [0.2, 0.25) is 0 Å². The predicted octanol–water partition coefficient (Wildman–Crippen LogP) is 2.44. The van der Waals surface area contributed by atoms with E-state index in [0.717, 1.165) is 44.6 Å². The lowest BCUT2D eigenvalue weighted by Crippen LogP contribution is -2.44. The zero-order valence-electron chi connectivity index (χ0n) is 15.0. The van der Waals surface area contributed by atoms with Crippen LogP contribution in [-0.4, -0.2) is 54.8 Å². The highest BCUT2D eigenvalue weighted by Gasteiger charge is 2.37. The maximum atomic E-state index is 12.4. The van der Waals surface area contributed by atoms with E-state index in [1.807, 2.05) is 4.90 Å². The van der Waals surface area contributed by atoms with E-state index in [2.05, 4.69) is 5.32 Å². The lowest BCUT2D eigenvalue weighted by molar-refractivity contribution is -0.385. The fourth-order valence-electron chi connectivity index (χ4n) is 3.77. The molecule has 0 bridgehead atoms. The monoisotopic (exact) mass is 379 g/mol. The van der Waals surface area contributed by atoms with Gasteiger partial charge in [-0.2, -0.15) is 0 Å². The predicted molar refractivity (Wildman–Crippen MR) is 102 cm³/mol. The smallest absolute Gasteiger partial charge is 0.311 e. The molecule has 1 N–H and O–H groups in total. The van der Waals surface area contributed by atoms with E-state index in [1.54, 1.807) is 12.1 Å². The average molecular weight is 379 g/mol. The second kappa shape index (κ2) is 8.26. The zero-order valence-corrected chi connectivity index (χ0v) is 15.8. The molecule has 2 fully saturated rings. The molecule has 7 nitrogen and oxygen atoms in total. The summed E-state index contributed by atoms with van der Waals surface area (Å²) >= 11 is 1.50.